The molecule has 0 amide bonds. The molecule has 0 atom stereocenters. The maximum absolute atomic E-state index is 8.59. The summed E-state index contributed by atoms with van der Waals surface area (Å²) in [5, 5.41) is 43.5. The smallest absolute Gasteiger partial charge is 0.122 e. The van der Waals surface area contributed by atoms with E-state index in [-0.39, 0.29) is 0 Å². The molecular weight excluding hydrogens is 1510 g/mol. The fraction of sp³-hybridized carbons (Fsp3) is 0.278. The monoisotopic (exact) mass is 1620 g/mol. The highest BCUT2D eigenvalue weighted by molar-refractivity contribution is 6.02. The molecule has 4 heterocycles. The Labute approximate surface area is 725 Å². The SMILES string of the molecule is C1#Cc2ccccc2C#Cc2ccccc21.CC(C)c1cccc(C(C)C)c1-n1nnc2c1-c1ccccc1-c1c(nnn1-c1c(C(C)C)cccc1C(C)C)-c1ccccc1-2.CC(C)c1cccc(C(C)C)c1-n1nnc2c1-c1ccccc1-c1nnn(-c3c(C(C)C)cccc3C(C)C)c1-c1ccccc1-2.CC(C)c1cccc(C(C)C)c1N=[N+]=[N-]. The molecule has 4 aromatic heterocycles. The van der Waals surface area contributed by atoms with Crippen LogP contribution in [0.4, 0.5) is 5.69 Å². The highest BCUT2D eigenvalue weighted by Gasteiger charge is 2.37. The van der Waals surface area contributed by atoms with E-state index in [4.69, 9.17) is 46.8 Å². The lowest BCUT2D eigenvalue weighted by atomic mass is 9.88. The Bertz CT molecular complexity index is 6100. The molecule has 3 aliphatic carbocycles. The third-order valence-electron chi connectivity index (χ3n) is 23.7. The van der Waals surface area contributed by atoms with Gasteiger partial charge < -0.3 is 0 Å². The topological polar surface area (TPSA) is 172 Å². The van der Waals surface area contributed by atoms with Crippen molar-refractivity contribution >= 4 is 5.69 Å². The minimum Gasteiger partial charge on any atom is -0.212 e. The molecule has 0 aliphatic heterocycles. The number of rotatable bonds is 15. The van der Waals surface area contributed by atoms with Crippen molar-refractivity contribution < 1.29 is 0 Å². The van der Waals surface area contributed by atoms with Crippen LogP contribution in [0.5, 0.6) is 0 Å². The minimum atomic E-state index is 0.309. The van der Waals surface area contributed by atoms with Gasteiger partial charge in [0.2, 0.25) is 0 Å². The molecular formula is C108H109N15. The molecule has 0 spiro atoms. The first-order valence-corrected chi connectivity index (χ1v) is 43.5. The van der Waals surface area contributed by atoms with Crippen LogP contribution in [0.2, 0.25) is 0 Å². The maximum atomic E-state index is 8.59. The van der Waals surface area contributed by atoms with Crippen LogP contribution >= 0.6 is 0 Å². The molecule has 15 nitrogen and oxygen atoms in total. The Kier molecular flexibility index (Phi) is 24.7. The van der Waals surface area contributed by atoms with Crippen LogP contribution in [0, 0.1) is 23.7 Å². The number of fused-ring (bicyclic) bond motifs is 18. The molecule has 3 aliphatic rings. The Hall–Kier alpha value is -13.6. The zero-order valence-corrected chi connectivity index (χ0v) is 74.5. The van der Waals surface area contributed by atoms with Gasteiger partial charge in [0.25, 0.3) is 0 Å². The predicted octanol–water partition coefficient (Wildman–Crippen LogP) is 28.3. The van der Waals surface area contributed by atoms with Gasteiger partial charge >= 0.3 is 0 Å². The fourth-order valence-corrected chi connectivity index (χ4v) is 17.4. The van der Waals surface area contributed by atoms with Crippen molar-refractivity contribution in [1.82, 2.24) is 60.0 Å². The molecule has 15 heteroatoms. The standard InChI is InChI=1S/2C40H42N6.C16H8.C12H17N3/c1-23(2)27-19-13-20-28(24(3)4)37(27)45-39-33-17-11-9-15-31(33)36-40(34-18-12-10-16-32(34)35(39)41-43-45)46(44-42-36)38-29(25(5)6)21-14-22-30(38)26(7)8;1-23(2)27-19-13-20-28(24(3)4)37(27)45-39-33-17-11-12-18-34(33)40-36(32-16-10-9-15-31(32)35(39)41-43-45)42-44-46(40)38-29(25(5)6)21-14-22-30(38)26(7)8;1-2-6-14-11-12-16-8-4-3-7-15(16)10-9-13(14)5-1;1-8(2)10-6-5-7-11(9(3)4)12(10)14-15-13/h2*9-26H,1-8H3;1-8H;5-9H,1-4H3. The molecule has 0 fully saturated rings. The first-order chi connectivity index (χ1) is 59.4. The van der Waals surface area contributed by atoms with Crippen LogP contribution in [-0.4, -0.2) is 60.0 Å². The summed E-state index contributed by atoms with van der Waals surface area (Å²) in [6.07, 6.45) is 0. The molecule has 15 aromatic rings. The predicted molar refractivity (Wildman–Crippen MR) is 504 cm³/mol. The normalized spacial score (nSPS) is 11.8. The lowest BCUT2D eigenvalue weighted by molar-refractivity contribution is 0.744. The average molecular weight is 1620 g/mol. The number of hydrogen-bond donors (Lipinski definition) is 0. The zero-order chi connectivity index (χ0) is 86.8. The molecule has 0 saturated heterocycles. The van der Waals surface area contributed by atoms with Gasteiger partial charge in [0.15, 0.2) is 0 Å². The summed E-state index contributed by atoms with van der Waals surface area (Å²) >= 11 is 0. The van der Waals surface area contributed by atoms with Crippen molar-refractivity contribution in [3.05, 3.63) is 325 Å². The van der Waals surface area contributed by atoms with Crippen LogP contribution in [0.15, 0.2) is 242 Å². The van der Waals surface area contributed by atoms with Crippen LogP contribution in [0.25, 0.3) is 123 Å². The van der Waals surface area contributed by atoms with Gasteiger partial charge in [0.05, 0.1) is 22.7 Å². The van der Waals surface area contributed by atoms with E-state index < -0.39 is 0 Å². The zero-order valence-electron chi connectivity index (χ0n) is 74.5. The van der Waals surface area contributed by atoms with Gasteiger partial charge in [-0.05, 0) is 145 Å². The van der Waals surface area contributed by atoms with Crippen LogP contribution in [0.1, 0.15) is 276 Å². The Morgan fingerprint density at radius 3 is 0.593 bits per heavy atom. The van der Waals surface area contributed by atoms with Gasteiger partial charge in [-0.15, -0.1) is 20.4 Å². The summed E-state index contributed by atoms with van der Waals surface area (Å²) in [5.41, 5.74) is 45.7. The molecule has 123 heavy (non-hydrogen) atoms. The summed E-state index contributed by atoms with van der Waals surface area (Å²) in [5.74, 6) is 15.9. The molecule has 0 radical (unpaired) electrons. The van der Waals surface area contributed by atoms with Crippen molar-refractivity contribution in [1.29, 1.82) is 0 Å². The van der Waals surface area contributed by atoms with Gasteiger partial charge in [-0.1, -0.05) is 400 Å². The summed E-state index contributed by atoms with van der Waals surface area (Å²) in [4.78, 5) is 2.92. The summed E-state index contributed by atoms with van der Waals surface area (Å²) in [6.45, 7) is 44.4. The van der Waals surface area contributed by atoms with E-state index in [1.165, 1.54) is 44.5 Å². The third kappa shape index (κ3) is 16.2. The van der Waals surface area contributed by atoms with Crippen molar-refractivity contribution in [3.8, 4) is 136 Å². The molecule has 0 bridgehead atoms. The van der Waals surface area contributed by atoms with Crippen molar-refractivity contribution in [3.63, 3.8) is 0 Å². The van der Waals surface area contributed by atoms with E-state index in [0.29, 0.717) is 59.2 Å². The van der Waals surface area contributed by atoms with E-state index in [9.17, 15) is 0 Å². The summed E-state index contributed by atoms with van der Waals surface area (Å²) in [6, 6.07) is 82.7. The van der Waals surface area contributed by atoms with E-state index in [1.54, 1.807) is 0 Å². The first-order valence-electron chi connectivity index (χ1n) is 43.5. The number of para-hydroxylation sites is 4. The number of nitrogens with zero attached hydrogens (tertiary/aromatic N) is 15. The maximum Gasteiger partial charge on any atom is 0.122 e. The average Bonchev–Trinajstić information content (AvgIpc) is 1.58. The van der Waals surface area contributed by atoms with Crippen LogP contribution < -0.4 is 0 Å². The quantitative estimate of drug-likeness (QED) is 0.0422. The van der Waals surface area contributed by atoms with Crippen LogP contribution in [0.3, 0.4) is 0 Å². The molecule has 0 N–H and O–H groups in total. The summed E-state index contributed by atoms with van der Waals surface area (Å²) < 4.78 is 8.40. The second-order valence-corrected chi connectivity index (χ2v) is 35.2. The number of hydrogen-bond acceptors (Lipinski definition) is 9. The van der Waals surface area contributed by atoms with E-state index in [2.05, 4.69) is 361 Å². The molecule has 616 valence electrons. The van der Waals surface area contributed by atoms with E-state index in [1.807, 2.05) is 66.7 Å². The Morgan fingerprint density at radius 2 is 0.398 bits per heavy atom. The molecule has 0 unspecified atom stereocenters. The molecule has 0 saturated carbocycles. The summed E-state index contributed by atoms with van der Waals surface area (Å²) in [7, 11) is 0. The largest absolute Gasteiger partial charge is 0.212 e. The van der Waals surface area contributed by atoms with Gasteiger partial charge in [-0.2, -0.15) is 0 Å². The Balaban J connectivity index is 0.000000142. The number of azide groups is 1. The second kappa shape index (κ2) is 36.0. The van der Waals surface area contributed by atoms with Crippen LogP contribution in [-0.2, 0) is 0 Å². The molecule has 18 rings (SSSR count). The lowest BCUT2D eigenvalue weighted by Gasteiger charge is -2.24. The van der Waals surface area contributed by atoms with Gasteiger partial charge in [-0.25, -0.2) is 18.7 Å². The second-order valence-electron chi connectivity index (χ2n) is 35.2. The first kappa shape index (κ1) is 84.4. The molecule has 11 aromatic carbocycles. The minimum absolute atomic E-state index is 0.309. The fourth-order valence-electron chi connectivity index (χ4n) is 17.4. The van der Waals surface area contributed by atoms with E-state index >= 15 is 0 Å². The highest BCUT2D eigenvalue weighted by Crippen LogP contribution is 2.52. The van der Waals surface area contributed by atoms with Gasteiger partial charge in [0.1, 0.15) is 45.6 Å². The van der Waals surface area contributed by atoms with E-state index in [0.717, 1.165) is 152 Å². The number of aromatic nitrogens is 12. The van der Waals surface area contributed by atoms with Gasteiger partial charge in [0, 0.05) is 77.4 Å². The van der Waals surface area contributed by atoms with Gasteiger partial charge in [-0.3, -0.25) is 0 Å². The van der Waals surface area contributed by atoms with Crippen molar-refractivity contribution in [2.24, 2.45) is 5.11 Å². The highest BCUT2D eigenvalue weighted by atomic mass is 15.5. The van der Waals surface area contributed by atoms with Crippen molar-refractivity contribution in [2.75, 3.05) is 0 Å². The third-order valence-corrected chi connectivity index (χ3v) is 23.7. The van der Waals surface area contributed by atoms with Crippen molar-refractivity contribution in [2.45, 2.75) is 198 Å². The lowest BCUT2D eigenvalue weighted by Crippen LogP contribution is -2.12. The number of benzene rings is 11. The Morgan fingerprint density at radius 1 is 0.228 bits per heavy atom.